The number of aliphatic hydroxyl groups is 2. The maximum atomic E-state index is 13.0. The van der Waals surface area contributed by atoms with Gasteiger partial charge in [0.15, 0.2) is 0 Å². The SMILES string of the molecule is CC(CO)C(C)NC(=O)CC(O)c1cccc(F)c1. The molecule has 0 aliphatic heterocycles. The molecule has 1 amide bonds. The predicted octanol–water partition coefficient (Wildman–Crippen LogP) is 1.38. The van der Waals surface area contributed by atoms with Crippen LogP contribution in [0.5, 0.6) is 0 Å². The van der Waals surface area contributed by atoms with Gasteiger partial charge < -0.3 is 15.5 Å². The van der Waals surface area contributed by atoms with Crippen LogP contribution in [0, 0.1) is 11.7 Å². The maximum Gasteiger partial charge on any atom is 0.223 e. The monoisotopic (exact) mass is 269 g/mol. The summed E-state index contributed by atoms with van der Waals surface area (Å²) in [6, 6.07) is 5.36. The van der Waals surface area contributed by atoms with Gasteiger partial charge in [0, 0.05) is 12.6 Å². The Hall–Kier alpha value is -1.46. The Labute approximate surface area is 112 Å². The quantitative estimate of drug-likeness (QED) is 0.731. The third kappa shape index (κ3) is 4.96. The van der Waals surface area contributed by atoms with Gasteiger partial charge in [-0.25, -0.2) is 4.39 Å². The van der Waals surface area contributed by atoms with Crippen molar-refractivity contribution in [2.75, 3.05) is 6.61 Å². The third-order valence-electron chi connectivity index (χ3n) is 3.14. The Morgan fingerprint density at radius 2 is 2.11 bits per heavy atom. The lowest BCUT2D eigenvalue weighted by Gasteiger charge is -2.20. The molecule has 0 heterocycles. The summed E-state index contributed by atoms with van der Waals surface area (Å²) in [5.74, 6) is -0.834. The molecule has 1 aromatic rings. The van der Waals surface area contributed by atoms with Crippen LogP contribution < -0.4 is 5.32 Å². The Kier molecular flexibility index (Phi) is 5.92. The Morgan fingerprint density at radius 1 is 1.42 bits per heavy atom. The number of carbonyl (C=O) groups excluding carboxylic acids is 1. The normalized spacial score (nSPS) is 15.6. The van der Waals surface area contributed by atoms with E-state index >= 15 is 0 Å². The number of aliphatic hydroxyl groups excluding tert-OH is 2. The lowest BCUT2D eigenvalue weighted by atomic mass is 10.0. The second-order valence-electron chi connectivity index (χ2n) is 4.79. The summed E-state index contributed by atoms with van der Waals surface area (Å²) < 4.78 is 13.0. The molecule has 0 aliphatic carbocycles. The lowest BCUT2D eigenvalue weighted by Crippen LogP contribution is -2.38. The number of halogens is 1. The van der Waals surface area contributed by atoms with E-state index < -0.39 is 11.9 Å². The summed E-state index contributed by atoms with van der Waals surface area (Å²) >= 11 is 0. The van der Waals surface area contributed by atoms with E-state index in [4.69, 9.17) is 5.11 Å². The summed E-state index contributed by atoms with van der Waals surface area (Å²) in [5.41, 5.74) is 0.373. The van der Waals surface area contributed by atoms with E-state index in [0.29, 0.717) is 5.56 Å². The number of rotatable bonds is 6. The van der Waals surface area contributed by atoms with Gasteiger partial charge in [-0.05, 0) is 30.5 Å². The number of hydrogen-bond donors (Lipinski definition) is 3. The van der Waals surface area contributed by atoms with Gasteiger partial charge >= 0.3 is 0 Å². The molecule has 0 aromatic heterocycles. The van der Waals surface area contributed by atoms with Crippen LogP contribution in [-0.2, 0) is 4.79 Å². The Balaban J connectivity index is 2.53. The van der Waals surface area contributed by atoms with Gasteiger partial charge in [-0.1, -0.05) is 19.1 Å². The molecule has 3 unspecified atom stereocenters. The summed E-state index contributed by atoms with van der Waals surface area (Å²) in [7, 11) is 0. The summed E-state index contributed by atoms with van der Waals surface area (Å²) in [4.78, 5) is 11.7. The highest BCUT2D eigenvalue weighted by Crippen LogP contribution is 2.17. The highest BCUT2D eigenvalue weighted by atomic mass is 19.1. The van der Waals surface area contributed by atoms with E-state index in [2.05, 4.69) is 5.32 Å². The molecule has 0 spiro atoms. The van der Waals surface area contributed by atoms with Gasteiger partial charge in [0.1, 0.15) is 5.82 Å². The zero-order valence-corrected chi connectivity index (χ0v) is 11.1. The first-order chi connectivity index (χ1) is 8.93. The number of hydrogen-bond acceptors (Lipinski definition) is 3. The minimum atomic E-state index is -1.03. The van der Waals surface area contributed by atoms with Crippen molar-refractivity contribution in [2.24, 2.45) is 5.92 Å². The molecule has 3 atom stereocenters. The van der Waals surface area contributed by atoms with Gasteiger partial charge in [0.25, 0.3) is 0 Å². The molecule has 3 N–H and O–H groups in total. The van der Waals surface area contributed by atoms with Crippen LogP contribution in [0.25, 0.3) is 0 Å². The van der Waals surface area contributed by atoms with Gasteiger partial charge in [-0.2, -0.15) is 0 Å². The van der Waals surface area contributed by atoms with Crippen LogP contribution in [0.2, 0.25) is 0 Å². The molecule has 0 bridgehead atoms. The second-order valence-corrected chi connectivity index (χ2v) is 4.79. The zero-order chi connectivity index (χ0) is 14.4. The van der Waals surface area contributed by atoms with E-state index in [1.165, 1.54) is 18.2 Å². The molecule has 106 valence electrons. The average molecular weight is 269 g/mol. The molecule has 1 aromatic carbocycles. The minimum Gasteiger partial charge on any atom is -0.396 e. The Morgan fingerprint density at radius 3 is 2.68 bits per heavy atom. The molecule has 0 saturated carbocycles. The molecule has 0 aliphatic rings. The van der Waals surface area contributed by atoms with Crippen LogP contribution in [0.15, 0.2) is 24.3 Å². The van der Waals surface area contributed by atoms with Gasteiger partial charge in [0.05, 0.1) is 12.5 Å². The van der Waals surface area contributed by atoms with Crippen molar-refractivity contribution >= 4 is 5.91 Å². The smallest absolute Gasteiger partial charge is 0.223 e. The zero-order valence-electron chi connectivity index (χ0n) is 11.1. The van der Waals surface area contributed by atoms with Crippen molar-refractivity contribution in [3.8, 4) is 0 Å². The molecule has 19 heavy (non-hydrogen) atoms. The van der Waals surface area contributed by atoms with Crippen molar-refractivity contribution in [1.29, 1.82) is 0 Å². The lowest BCUT2D eigenvalue weighted by molar-refractivity contribution is -0.124. The average Bonchev–Trinajstić information content (AvgIpc) is 2.37. The van der Waals surface area contributed by atoms with Crippen LogP contribution in [0.3, 0.4) is 0 Å². The predicted molar refractivity (Wildman–Crippen MR) is 69.8 cm³/mol. The van der Waals surface area contributed by atoms with E-state index in [-0.39, 0.29) is 30.9 Å². The highest BCUT2D eigenvalue weighted by Gasteiger charge is 2.17. The fourth-order valence-electron chi connectivity index (χ4n) is 1.62. The van der Waals surface area contributed by atoms with Crippen molar-refractivity contribution in [3.63, 3.8) is 0 Å². The fraction of sp³-hybridized carbons (Fsp3) is 0.500. The second kappa shape index (κ2) is 7.21. The molecule has 0 saturated heterocycles. The molecule has 0 fully saturated rings. The molecular formula is C14H20FNO3. The molecular weight excluding hydrogens is 249 g/mol. The number of nitrogens with one attached hydrogen (secondary N) is 1. The summed E-state index contributed by atoms with van der Waals surface area (Å²) in [5, 5.41) is 21.5. The van der Waals surface area contributed by atoms with Crippen molar-refractivity contribution in [3.05, 3.63) is 35.6 Å². The van der Waals surface area contributed by atoms with Crippen LogP contribution in [0.1, 0.15) is 31.9 Å². The summed E-state index contributed by atoms with van der Waals surface area (Å²) in [6.07, 6.45) is -1.17. The first-order valence-corrected chi connectivity index (χ1v) is 6.27. The molecule has 5 heteroatoms. The molecule has 4 nitrogen and oxygen atoms in total. The first-order valence-electron chi connectivity index (χ1n) is 6.27. The standard InChI is InChI=1S/C14H20FNO3/c1-9(8-17)10(2)16-14(19)7-13(18)11-4-3-5-12(15)6-11/h3-6,9-10,13,17-18H,7-8H2,1-2H3,(H,16,19). The highest BCUT2D eigenvalue weighted by molar-refractivity contribution is 5.76. The minimum absolute atomic E-state index is 0.0199. The van der Waals surface area contributed by atoms with Crippen molar-refractivity contribution in [2.45, 2.75) is 32.4 Å². The van der Waals surface area contributed by atoms with E-state index in [9.17, 15) is 14.3 Å². The van der Waals surface area contributed by atoms with Crippen LogP contribution in [0.4, 0.5) is 4.39 Å². The maximum absolute atomic E-state index is 13.0. The number of benzene rings is 1. The van der Waals surface area contributed by atoms with Crippen molar-refractivity contribution < 1.29 is 19.4 Å². The summed E-state index contributed by atoms with van der Waals surface area (Å²) in [6.45, 7) is 3.58. The molecule has 1 rings (SSSR count). The van der Waals surface area contributed by atoms with Gasteiger partial charge in [-0.3, -0.25) is 4.79 Å². The Bertz CT molecular complexity index is 425. The fourth-order valence-corrected chi connectivity index (χ4v) is 1.62. The van der Waals surface area contributed by atoms with Crippen LogP contribution >= 0.6 is 0 Å². The largest absolute Gasteiger partial charge is 0.396 e. The van der Waals surface area contributed by atoms with Gasteiger partial charge in [0.2, 0.25) is 5.91 Å². The number of amides is 1. The third-order valence-corrected chi connectivity index (χ3v) is 3.14. The number of carbonyl (C=O) groups is 1. The van der Waals surface area contributed by atoms with E-state index in [1.54, 1.807) is 13.0 Å². The van der Waals surface area contributed by atoms with E-state index in [0.717, 1.165) is 0 Å². The topological polar surface area (TPSA) is 69.6 Å². The van der Waals surface area contributed by atoms with E-state index in [1.807, 2.05) is 6.92 Å². The van der Waals surface area contributed by atoms with Gasteiger partial charge in [-0.15, -0.1) is 0 Å². The van der Waals surface area contributed by atoms with Crippen molar-refractivity contribution in [1.82, 2.24) is 5.32 Å². The van der Waals surface area contributed by atoms with Crippen LogP contribution in [-0.4, -0.2) is 28.8 Å². The first kappa shape index (κ1) is 15.6. The molecule has 0 radical (unpaired) electrons.